The topological polar surface area (TPSA) is 124 Å². The molecule has 3 aromatic rings. The van der Waals surface area contributed by atoms with Crippen molar-refractivity contribution in [1.29, 1.82) is 0 Å². The van der Waals surface area contributed by atoms with Gasteiger partial charge < -0.3 is 29.2 Å². The third-order valence-electron chi connectivity index (χ3n) is 7.60. The lowest BCUT2D eigenvalue weighted by Gasteiger charge is -2.34. The number of anilines is 1. The highest BCUT2D eigenvalue weighted by atomic mass is 35.5. The summed E-state index contributed by atoms with van der Waals surface area (Å²) in [5, 5.41) is 3.54. The molecule has 0 bridgehead atoms. The molecule has 47 heavy (non-hydrogen) atoms. The predicted molar refractivity (Wildman–Crippen MR) is 183 cm³/mol. The van der Waals surface area contributed by atoms with Crippen LogP contribution in [0, 0.1) is 0 Å². The van der Waals surface area contributed by atoms with Crippen molar-refractivity contribution in [2.45, 2.75) is 57.1 Å². The third kappa shape index (κ3) is 8.94. The Morgan fingerprint density at radius 1 is 0.809 bits per heavy atom. The van der Waals surface area contributed by atoms with Gasteiger partial charge in [-0.15, -0.1) is 0 Å². The number of nitrogens with one attached hydrogen (secondary N) is 1. The van der Waals surface area contributed by atoms with Gasteiger partial charge in [0.2, 0.25) is 11.8 Å². The zero-order valence-electron chi connectivity index (χ0n) is 27.5. The van der Waals surface area contributed by atoms with E-state index < -0.39 is 28.5 Å². The molecule has 2 atom stereocenters. The fourth-order valence-electron chi connectivity index (χ4n) is 4.80. The van der Waals surface area contributed by atoms with E-state index in [9.17, 15) is 18.0 Å². The number of halogens is 2. The summed E-state index contributed by atoms with van der Waals surface area (Å²) in [6, 6.07) is 12.5. The van der Waals surface area contributed by atoms with Crippen LogP contribution in [0.2, 0.25) is 10.0 Å². The van der Waals surface area contributed by atoms with E-state index in [1.807, 2.05) is 13.8 Å². The van der Waals surface area contributed by atoms with E-state index in [1.165, 1.54) is 63.7 Å². The summed E-state index contributed by atoms with van der Waals surface area (Å²) < 4.78 is 51.5. The molecule has 0 fully saturated rings. The number of hydrogen-bond donors (Lipinski definition) is 1. The van der Waals surface area contributed by atoms with E-state index in [2.05, 4.69) is 5.32 Å². The van der Waals surface area contributed by atoms with Crippen molar-refractivity contribution in [2.24, 2.45) is 0 Å². The number of nitrogens with zero attached hydrogens (tertiary/aromatic N) is 2. The second-order valence-electron chi connectivity index (χ2n) is 10.6. The van der Waals surface area contributed by atoms with Crippen LogP contribution in [0.25, 0.3) is 0 Å². The van der Waals surface area contributed by atoms with Gasteiger partial charge in [-0.1, -0.05) is 43.1 Å². The highest BCUT2D eigenvalue weighted by molar-refractivity contribution is 7.92. The van der Waals surface area contributed by atoms with Crippen LogP contribution in [0.5, 0.6) is 23.0 Å². The van der Waals surface area contributed by atoms with Crippen LogP contribution >= 0.6 is 23.2 Å². The van der Waals surface area contributed by atoms with E-state index in [4.69, 9.17) is 42.1 Å². The summed E-state index contributed by atoms with van der Waals surface area (Å²) in [7, 11) is 1.16. The first kappa shape index (κ1) is 37.6. The van der Waals surface area contributed by atoms with Crippen molar-refractivity contribution in [3.05, 3.63) is 70.2 Å². The lowest BCUT2D eigenvalue weighted by atomic mass is 10.1. The van der Waals surface area contributed by atoms with Crippen LogP contribution < -0.4 is 28.6 Å². The number of carbonyl (C=O) groups is 2. The van der Waals surface area contributed by atoms with Gasteiger partial charge in [0.05, 0.1) is 49.1 Å². The Hall–Kier alpha value is -3.87. The maximum absolute atomic E-state index is 14.5. The molecule has 0 spiro atoms. The van der Waals surface area contributed by atoms with Crippen LogP contribution in [-0.2, 0) is 26.2 Å². The number of sulfonamides is 1. The summed E-state index contributed by atoms with van der Waals surface area (Å²) in [6.45, 7) is 4.82. The smallest absolute Gasteiger partial charge is 0.265 e. The van der Waals surface area contributed by atoms with Crippen molar-refractivity contribution in [3.8, 4) is 23.0 Å². The van der Waals surface area contributed by atoms with Crippen LogP contribution in [0.4, 0.5) is 5.69 Å². The maximum Gasteiger partial charge on any atom is 0.265 e. The van der Waals surface area contributed by atoms with E-state index in [-0.39, 0.29) is 52.0 Å². The average molecular weight is 711 g/mol. The van der Waals surface area contributed by atoms with Crippen molar-refractivity contribution >= 4 is 50.7 Å². The Morgan fingerprint density at radius 2 is 1.47 bits per heavy atom. The minimum atomic E-state index is -4.48. The fraction of sp³-hybridized carbons (Fsp3) is 0.394. The lowest BCUT2D eigenvalue weighted by Crippen LogP contribution is -2.53. The van der Waals surface area contributed by atoms with E-state index in [0.717, 1.165) is 4.31 Å². The maximum atomic E-state index is 14.5. The van der Waals surface area contributed by atoms with Gasteiger partial charge in [0.25, 0.3) is 10.0 Å². The standard InChI is InChI=1S/C33H41Cl2N3O8S/c1-8-21(3)36-33(40)27(9-2)37(19-22-10-13-25(34)26(35)16-22)32(39)20-38(28-17-23(43-4)11-14-29(28)44-5)47(41,42)24-12-15-30(45-6)31(18-24)46-7/h10-18,21,27H,8-9,19-20H2,1-7H3,(H,36,40)/t21-,27+/m0/s1. The zero-order valence-corrected chi connectivity index (χ0v) is 29.8. The molecular formula is C33H41Cl2N3O8S. The predicted octanol–water partition coefficient (Wildman–Crippen LogP) is 5.95. The molecule has 0 aliphatic carbocycles. The molecule has 256 valence electrons. The van der Waals surface area contributed by atoms with Gasteiger partial charge in [0, 0.05) is 24.7 Å². The molecule has 0 aliphatic rings. The normalized spacial score (nSPS) is 12.4. The number of methoxy groups -OCH3 is 4. The van der Waals surface area contributed by atoms with Gasteiger partial charge in [0.1, 0.15) is 24.1 Å². The summed E-state index contributed by atoms with van der Waals surface area (Å²) >= 11 is 12.4. The summed E-state index contributed by atoms with van der Waals surface area (Å²) in [5.74, 6) is -0.0434. The lowest BCUT2D eigenvalue weighted by molar-refractivity contribution is -0.140. The molecule has 3 aromatic carbocycles. The second kappa shape index (κ2) is 16.8. The van der Waals surface area contributed by atoms with Gasteiger partial charge in [-0.05, 0) is 61.7 Å². The van der Waals surface area contributed by atoms with Crippen molar-refractivity contribution in [2.75, 3.05) is 39.3 Å². The minimum absolute atomic E-state index is 0.0431. The highest BCUT2D eigenvalue weighted by Crippen LogP contribution is 2.38. The number of amides is 2. The second-order valence-corrected chi connectivity index (χ2v) is 13.3. The quantitative estimate of drug-likeness (QED) is 0.194. The number of ether oxygens (including phenoxy) is 4. The first-order valence-electron chi connectivity index (χ1n) is 14.9. The Morgan fingerprint density at radius 3 is 2.04 bits per heavy atom. The molecule has 0 aliphatic heterocycles. The first-order valence-corrected chi connectivity index (χ1v) is 17.0. The molecule has 1 N–H and O–H groups in total. The summed E-state index contributed by atoms with van der Waals surface area (Å²) in [6.07, 6.45) is 0.927. The first-order chi connectivity index (χ1) is 22.3. The molecule has 0 saturated carbocycles. The van der Waals surface area contributed by atoms with Crippen LogP contribution in [-0.4, -0.2) is 72.2 Å². The largest absolute Gasteiger partial charge is 0.497 e. The Balaban J connectivity index is 2.21. The fourth-order valence-corrected chi connectivity index (χ4v) is 6.56. The van der Waals surface area contributed by atoms with Gasteiger partial charge >= 0.3 is 0 Å². The SMILES string of the molecule is CC[C@H](C(=O)N[C@@H](C)CC)N(Cc1ccc(Cl)c(Cl)c1)C(=O)CN(c1cc(OC)ccc1OC)S(=O)(=O)c1ccc(OC)c(OC)c1. The molecule has 0 unspecified atom stereocenters. The molecular weight excluding hydrogens is 669 g/mol. The molecule has 3 rings (SSSR count). The Labute approximate surface area is 286 Å². The highest BCUT2D eigenvalue weighted by Gasteiger charge is 2.35. The molecule has 0 radical (unpaired) electrons. The van der Waals surface area contributed by atoms with Gasteiger partial charge in [-0.3, -0.25) is 13.9 Å². The minimum Gasteiger partial charge on any atom is -0.497 e. The van der Waals surface area contributed by atoms with Gasteiger partial charge in [0.15, 0.2) is 11.5 Å². The van der Waals surface area contributed by atoms with Crippen LogP contribution in [0.1, 0.15) is 39.2 Å². The molecule has 2 amide bonds. The Bertz CT molecular complexity index is 1670. The molecule has 0 heterocycles. The third-order valence-corrected chi connectivity index (χ3v) is 10.1. The van der Waals surface area contributed by atoms with Gasteiger partial charge in [-0.2, -0.15) is 0 Å². The number of rotatable bonds is 16. The molecule has 0 saturated heterocycles. The Kier molecular flexibility index (Phi) is 13.4. The van der Waals surface area contributed by atoms with Crippen LogP contribution in [0.3, 0.4) is 0 Å². The van der Waals surface area contributed by atoms with Crippen LogP contribution in [0.15, 0.2) is 59.5 Å². The zero-order chi connectivity index (χ0) is 34.9. The number of hydrogen-bond acceptors (Lipinski definition) is 8. The summed E-state index contributed by atoms with van der Waals surface area (Å²) in [5.41, 5.74) is 0.636. The number of carbonyl (C=O) groups excluding carboxylic acids is 2. The van der Waals surface area contributed by atoms with Crippen molar-refractivity contribution in [1.82, 2.24) is 10.2 Å². The monoisotopic (exact) mass is 709 g/mol. The molecule has 14 heteroatoms. The van der Waals surface area contributed by atoms with E-state index >= 15 is 0 Å². The molecule has 11 nitrogen and oxygen atoms in total. The average Bonchev–Trinajstić information content (AvgIpc) is 3.07. The van der Waals surface area contributed by atoms with E-state index in [0.29, 0.717) is 28.5 Å². The number of benzene rings is 3. The van der Waals surface area contributed by atoms with Crippen molar-refractivity contribution in [3.63, 3.8) is 0 Å². The van der Waals surface area contributed by atoms with E-state index in [1.54, 1.807) is 31.2 Å². The summed E-state index contributed by atoms with van der Waals surface area (Å²) in [4.78, 5) is 29.2. The van der Waals surface area contributed by atoms with Gasteiger partial charge in [-0.25, -0.2) is 8.42 Å². The molecule has 0 aromatic heterocycles. The van der Waals surface area contributed by atoms with Crippen molar-refractivity contribution < 1.29 is 37.0 Å².